The van der Waals surface area contributed by atoms with E-state index >= 15 is 0 Å². The fraction of sp³-hybridized carbons (Fsp3) is 0.529. The zero-order valence-electron chi connectivity index (χ0n) is 13.9. The molecule has 1 aliphatic heterocycles. The molecule has 0 atom stereocenters. The zero-order valence-corrected chi connectivity index (χ0v) is 14.7. The van der Waals surface area contributed by atoms with Crippen molar-refractivity contribution in [1.82, 2.24) is 4.31 Å². The highest BCUT2D eigenvalue weighted by Crippen LogP contribution is 2.51. The van der Waals surface area contributed by atoms with E-state index in [1.54, 1.807) is 0 Å². The highest BCUT2D eigenvalue weighted by Gasteiger charge is 2.52. The maximum atomic E-state index is 13.0. The van der Waals surface area contributed by atoms with Crippen LogP contribution in [0.5, 0.6) is 0 Å². The molecule has 2 aliphatic rings. The van der Waals surface area contributed by atoms with E-state index in [0.717, 1.165) is 31.4 Å². The molecule has 0 bridgehead atoms. The topological polar surface area (TPSA) is 61.2 Å². The number of benzene rings is 1. The predicted molar refractivity (Wildman–Crippen MR) is 90.1 cm³/mol. The maximum Gasteiger partial charge on any atom is 0.416 e. The molecule has 25 heavy (non-hydrogen) atoms. The van der Waals surface area contributed by atoms with E-state index in [1.165, 1.54) is 23.5 Å². The molecule has 0 amide bonds. The number of likely N-dealkylation sites (N-methyl/N-ethyl adjacent to an activating group) is 1. The summed E-state index contributed by atoms with van der Waals surface area (Å²) >= 11 is 0. The van der Waals surface area contributed by atoms with Gasteiger partial charge in [0, 0.05) is 7.05 Å². The summed E-state index contributed by atoms with van der Waals surface area (Å²) in [6.07, 6.45) is -0.382. The predicted octanol–water partition coefficient (Wildman–Crippen LogP) is 4.45. The summed E-state index contributed by atoms with van der Waals surface area (Å²) in [5, 5.41) is 0. The molecule has 0 saturated heterocycles. The second kappa shape index (κ2) is 6.10. The van der Waals surface area contributed by atoms with Crippen LogP contribution in [0.15, 0.2) is 29.8 Å². The lowest BCUT2D eigenvalue weighted by Crippen LogP contribution is -2.47. The van der Waals surface area contributed by atoms with Gasteiger partial charge in [0.1, 0.15) is 0 Å². The maximum absolute atomic E-state index is 13.0. The van der Waals surface area contributed by atoms with Gasteiger partial charge in [0.25, 0.3) is 0 Å². The van der Waals surface area contributed by atoms with Gasteiger partial charge >= 0.3 is 6.18 Å². The molecule has 1 spiro atoms. The Bertz CT molecular complexity index is 792. The third-order valence-electron chi connectivity index (χ3n) is 5.39. The average Bonchev–Trinajstić information content (AvgIpc) is 2.73. The van der Waals surface area contributed by atoms with Crippen molar-refractivity contribution < 1.29 is 21.6 Å². The van der Waals surface area contributed by atoms with Crippen LogP contribution in [0.25, 0.3) is 10.6 Å². The van der Waals surface area contributed by atoms with Crippen LogP contribution in [0, 0.1) is 0 Å². The largest absolute Gasteiger partial charge is 0.674 e. The third-order valence-corrected chi connectivity index (χ3v) is 7.46. The minimum atomic E-state index is -4.47. The van der Waals surface area contributed by atoms with Gasteiger partial charge in [-0.05, 0) is 36.1 Å². The first-order chi connectivity index (χ1) is 11.6. The SMILES string of the molecule is CN1C2(CCCCC2)C(C[NH-])=C(c2ccc(C(F)(F)F)cc2)S1(=O)=O. The monoisotopic (exact) mass is 373 g/mol. The van der Waals surface area contributed by atoms with Crippen LogP contribution in [0.1, 0.15) is 43.2 Å². The minimum Gasteiger partial charge on any atom is -0.674 e. The smallest absolute Gasteiger partial charge is 0.416 e. The third kappa shape index (κ3) is 2.80. The normalized spacial score (nSPS) is 23.4. The average molecular weight is 373 g/mol. The van der Waals surface area contributed by atoms with Crippen molar-refractivity contribution in [3.05, 3.63) is 46.7 Å². The van der Waals surface area contributed by atoms with Crippen LogP contribution >= 0.6 is 0 Å². The van der Waals surface area contributed by atoms with E-state index in [0.29, 0.717) is 18.4 Å². The van der Waals surface area contributed by atoms with Crippen molar-refractivity contribution >= 4 is 14.9 Å². The first-order valence-electron chi connectivity index (χ1n) is 8.19. The number of nitrogens with one attached hydrogen (secondary N) is 1. The number of sulfonamides is 1. The van der Waals surface area contributed by atoms with E-state index in [9.17, 15) is 21.6 Å². The number of rotatable bonds is 2. The second-order valence-electron chi connectivity index (χ2n) is 6.62. The van der Waals surface area contributed by atoms with Gasteiger partial charge in [0.2, 0.25) is 10.0 Å². The number of alkyl halides is 3. The molecule has 4 nitrogen and oxygen atoms in total. The summed E-state index contributed by atoms with van der Waals surface area (Å²) in [7, 11) is -2.30. The summed E-state index contributed by atoms with van der Waals surface area (Å²) in [5.41, 5.74) is 7.14. The van der Waals surface area contributed by atoms with E-state index in [1.807, 2.05) is 0 Å². The van der Waals surface area contributed by atoms with E-state index in [4.69, 9.17) is 5.73 Å². The Morgan fingerprint density at radius 3 is 2.16 bits per heavy atom. The Morgan fingerprint density at radius 2 is 1.68 bits per heavy atom. The Kier molecular flexibility index (Phi) is 4.50. The van der Waals surface area contributed by atoms with Crippen LogP contribution < -0.4 is 0 Å². The van der Waals surface area contributed by atoms with Crippen LogP contribution in [0.4, 0.5) is 13.2 Å². The lowest BCUT2D eigenvalue weighted by Gasteiger charge is -2.41. The van der Waals surface area contributed by atoms with Crippen molar-refractivity contribution in [2.45, 2.75) is 43.8 Å². The number of nitrogens with zero attached hydrogens (tertiary/aromatic N) is 1. The van der Waals surface area contributed by atoms with Gasteiger partial charge in [-0.3, -0.25) is 0 Å². The van der Waals surface area contributed by atoms with Crippen LogP contribution in [-0.4, -0.2) is 31.9 Å². The summed E-state index contributed by atoms with van der Waals surface area (Å²) in [6.45, 7) is -0.181. The quantitative estimate of drug-likeness (QED) is 0.769. The van der Waals surface area contributed by atoms with Gasteiger partial charge in [0.05, 0.1) is 16.0 Å². The molecule has 1 saturated carbocycles. The molecule has 1 aromatic carbocycles. The fourth-order valence-electron chi connectivity index (χ4n) is 4.06. The molecule has 0 radical (unpaired) electrons. The summed E-state index contributed by atoms with van der Waals surface area (Å²) in [6, 6.07) is 4.18. The van der Waals surface area contributed by atoms with E-state index in [2.05, 4.69) is 0 Å². The number of halogens is 3. The van der Waals surface area contributed by atoms with Gasteiger partial charge in [-0.1, -0.05) is 31.4 Å². The van der Waals surface area contributed by atoms with Crippen LogP contribution in [0.3, 0.4) is 0 Å². The van der Waals surface area contributed by atoms with Crippen molar-refractivity contribution in [3.8, 4) is 0 Å². The molecular weight excluding hydrogens is 353 g/mol. The summed E-state index contributed by atoms with van der Waals surface area (Å²) < 4.78 is 65.6. The van der Waals surface area contributed by atoms with E-state index < -0.39 is 27.3 Å². The molecule has 1 heterocycles. The molecule has 0 aromatic heterocycles. The standard InChI is InChI=1S/C17H20F3N2O2S/c1-22-16(9-3-2-4-10-16)14(11-21)15(25(22,23)24)12-5-7-13(8-6-12)17(18,19)20/h5-8,21H,2-4,9-11H2,1H3/q-1. The molecule has 3 rings (SSSR count). The van der Waals surface area contributed by atoms with Crippen LogP contribution in [-0.2, 0) is 16.2 Å². The molecule has 0 unspecified atom stereocenters. The van der Waals surface area contributed by atoms with Crippen molar-refractivity contribution in [2.75, 3.05) is 13.6 Å². The van der Waals surface area contributed by atoms with Crippen molar-refractivity contribution in [3.63, 3.8) is 0 Å². The van der Waals surface area contributed by atoms with Gasteiger partial charge in [-0.15, -0.1) is 6.54 Å². The van der Waals surface area contributed by atoms with E-state index in [-0.39, 0.29) is 17.0 Å². The Hall–Kier alpha value is -1.38. The van der Waals surface area contributed by atoms with Crippen molar-refractivity contribution in [1.29, 1.82) is 0 Å². The highest BCUT2D eigenvalue weighted by molar-refractivity contribution is 7.98. The zero-order chi connectivity index (χ0) is 18.5. The highest BCUT2D eigenvalue weighted by atomic mass is 32.2. The fourth-order valence-corrected chi connectivity index (χ4v) is 6.09. The summed E-state index contributed by atoms with van der Waals surface area (Å²) in [5.74, 6) is 0. The Morgan fingerprint density at radius 1 is 1.12 bits per heavy atom. The molecule has 138 valence electrons. The molecule has 1 N–H and O–H groups in total. The Labute approximate surface area is 145 Å². The molecule has 1 aliphatic carbocycles. The first-order valence-corrected chi connectivity index (χ1v) is 9.63. The van der Waals surface area contributed by atoms with Crippen molar-refractivity contribution in [2.24, 2.45) is 0 Å². The minimum absolute atomic E-state index is 0.0145. The van der Waals surface area contributed by atoms with Crippen LogP contribution in [0.2, 0.25) is 0 Å². The first kappa shape index (κ1) is 18.4. The molecule has 1 fully saturated rings. The van der Waals surface area contributed by atoms with Gasteiger partial charge in [-0.25, -0.2) is 8.42 Å². The molecular formula is C17H20F3N2O2S-. The Balaban J connectivity index is 2.16. The van der Waals surface area contributed by atoms with Gasteiger partial charge in [-0.2, -0.15) is 17.5 Å². The molecule has 1 aromatic rings. The molecule has 8 heteroatoms. The number of hydrogen-bond acceptors (Lipinski definition) is 2. The summed E-state index contributed by atoms with van der Waals surface area (Å²) in [4.78, 5) is 0.0145. The number of hydrogen-bond donors (Lipinski definition) is 0. The lowest BCUT2D eigenvalue weighted by molar-refractivity contribution is -0.137. The van der Waals surface area contributed by atoms with Gasteiger partial charge in [0.15, 0.2) is 0 Å². The van der Waals surface area contributed by atoms with Gasteiger partial charge < -0.3 is 5.73 Å². The lowest BCUT2D eigenvalue weighted by atomic mass is 9.75. The second-order valence-corrected chi connectivity index (χ2v) is 8.53.